The smallest absolute Gasteiger partial charge is 0.362 e. The largest absolute Gasteiger partial charge is 0.462 e. The fraction of sp³-hybridized carbons (Fsp3) is 0.483. The van der Waals surface area contributed by atoms with Crippen molar-refractivity contribution in [1.29, 1.82) is 0 Å². The first-order valence-corrected chi connectivity index (χ1v) is 13.0. The van der Waals surface area contributed by atoms with Gasteiger partial charge in [-0.15, -0.1) is 0 Å². The lowest BCUT2D eigenvalue weighted by Crippen LogP contribution is -2.62. The number of esters is 2. The highest BCUT2D eigenvalue weighted by atomic mass is 16.5. The molecule has 2 aromatic carbocycles. The van der Waals surface area contributed by atoms with Crippen LogP contribution < -0.4 is 5.32 Å². The van der Waals surface area contributed by atoms with Crippen molar-refractivity contribution in [1.82, 2.24) is 0 Å². The van der Waals surface area contributed by atoms with Gasteiger partial charge in [-0.3, -0.25) is 4.79 Å². The summed E-state index contributed by atoms with van der Waals surface area (Å²) in [6.07, 6.45) is 4.64. The van der Waals surface area contributed by atoms with E-state index in [1.165, 1.54) is 0 Å². The van der Waals surface area contributed by atoms with E-state index in [0.717, 1.165) is 49.9 Å². The number of carbonyl (C=O) groups excluding carboxylic acids is 3. The second-order valence-corrected chi connectivity index (χ2v) is 9.52. The molecule has 0 spiro atoms. The van der Waals surface area contributed by atoms with E-state index >= 15 is 0 Å². The van der Waals surface area contributed by atoms with E-state index in [-0.39, 0.29) is 31.6 Å². The van der Waals surface area contributed by atoms with Crippen LogP contribution in [0, 0.1) is 6.92 Å². The summed E-state index contributed by atoms with van der Waals surface area (Å²) in [5.74, 6) is -0.946. The number of rotatable bonds is 10. The molecule has 7 nitrogen and oxygen atoms in total. The number of para-hydroxylation sites is 1. The average molecular weight is 496 g/mol. The minimum absolute atomic E-state index is 0.150. The molecule has 0 aromatic heterocycles. The summed E-state index contributed by atoms with van der Waals surface area (Å²) in [7, 11) is 0. The van der Waals surface area contributed by atoms with E-state index in [1.54, 1.807) is 19.1 Å². The summed E-state index contributed by atoms with van der Waals surface area (Å²) in [6.45, 7) is 7.69. The van der Waals surface area contributed by atoms with Crippen molar-refractivity contribution in [2.45, 2.75) is 65.5 Å². The molecule has 1 fully saturated rings. The van der Waals surface area contributed by atoms with Crippen LogP contribution in [0.4, 0.5) is 5.69 Å². The molecule has 1 N–H and O–H groups in total. The molecular formula is C29H39N2O5+. The van der Waals surface area contributed by atoms with Gasteiger partial charge in [0.25, 0.3) is 5.91 Å². The predicted molar refractivity (Wildman–Crippen MR) is 139 cm³/mol. The molecule has 7 heteroatoms. The Labute approximate surface area is 214 Å². The maximum atomic E-state index is 13.8. The number of amides is 1. The Hall–Kier alpha value is -3.19. The van der Waals surface area contributed by atoms with Crippen LogP contribution in [0.15, 0.2) is 48.5 Å². The molecule has 1 aliphatic heterocycles. The fourth-order valence-electron chi connectivity index (χ4n) is 5.18. The highest BCUT2D eigenvalue weighted by molar-refractivity contribution is 6.03. The highest BCUT2D eigenvalue weighted by Gasteiger charge is 2.43. The third-order valence-electron chi connectivity index (χ3n) is 7.01. The average Bonchev–Trinajstić information content (AvgIpc) is 3.11. The summed E-state index contributed by atoms with van der Waals surface area (Å²) in [6, 6.07) is 14.5. The van der Waals surface area contributed by atoms with Gasteiger partial charge in [0.1, 0.15) is 6.61 Å². The molecule has 1 saturated heterocycles. The lowest BCUT2D eigenvalue weighted by molar-refractivity contribution is -0.935. The van der Waals surface area contributed by atoms with Crippen LogP contribution >= 0.6 is 0 Å². The van der Waals surface area contributed by atoms with Crippen molar-refractivity contribution in [3.05, 3.63) is 65.2 Å². The molecule has 1 atom stereocenters. The Morgan fingerprint density at radius 3 is 2.25 bits per heavy atom. The molecule has 1 heterocycles. The normalized spacial score (nSPS) is 15.9. The Balaban J connectivity index is 1.83. The van der Waals surface area contributed by atoms with Gasteiger partial charge in [-0.2, -0.15) is 0 Å². The zero-order valence-electron chi connectivity index (χ0n) is 21.8. The molecule has 1 aliphatic rings. The second-order valence-electron chi connectivity index (χ2n) is 9.52. The fourth-order valence-corrected chi connectivity index (χ4v) is 5.18. The molecule has 1 unspecified atom stereocenters. The predicted octanol–water partition coefficient (Wildman–Crippen LogP) is 5.02. The van der Waals surface area contributed by atoms with E-state index in [0.29, 0.717) is 22.2 Å². The van der Waals surface area contributed by atoms with Crippen LogP contribution in [0.5, 0.6) is 0 Å². The van der Waals surface area contributed by atoms with Crippen LogP contribution in [0.3, 0.4) is 0 Å². The van der Waals surface area contributed by atoms with Crippen LogP contribution in [-0.4, -0.2) is 54.6 Å². The molecule has 0 saturated carbocycles. The number of anilines is 1. The van der Waals surface area contributed by atoms with Crippen molar-refractivity contribution >= 4 is 23.5 Å². The van der Waals surface area contributed by atoms with Gasteiger partial charge < -0.3 is 19.3 Å². The zero-order valence-corrected chi connectivity index (χ0v) is 21.8. The minimum atomic E-state index is -0.465. The molecule has 2 aromatic rings. The minimum Gasteiger partial charge on any atom is -0.462 e. The van der Waals surface area contributed by atoms with Gasteiger partial charge in [0.2, 0.25) is 0 Å². The molecule has 0 aliphatic carbocycles. The van der Waals surface area contributed by atoms with Gasteiger partial charge in [0, 0.05) is 6.42 Å². The van der Waals surface area contributed by atoms with Crippen LogP contribution in [0.1, 0.15) is 67.4 Å². The summed E-state index contributed by atoms with van der Waals surface area (Å²) >= 11 is 0. The van der Waals surface area contributed by atoms with Gasteiger partial charge in [0.05, 0.1) is 30.9 Å². The number of ether oxygens (including phenoxy) is 2. The number of hydrogen-bond donors (Lipinski definition) is 1. The van der Waals surface area contributed by atoms with Crippen molar-refractivity contribution in [3.63, 3.8) is 0 Å². The molecular weight excluding hydrogens is 456 g/mol. The lowest BCUT2D eigenvalue weighted by atomic mass is 10.0. The Morgan fingerprint density at radius 1 is 0.917 bits per heavy atom. The number of benzene rings is 2. The first kappa shape index (κ1) is 27.4. The van der Waals surface area contributed by atoms with Gasteiger partial charge in [-0.1, -0.05) is 49.4 Å². The van der Waals surface area contributed by atoms with Crippen molar-refractivity contribution in [2.75, 3.05) is 31.6 Å². The monoisotopic (exact) mass is 495 g/mol. The number of aryl methyl sites for hydroxylation is 1. The van der Waals surface area contributed by atoms with Crippen LogP contribution in [-0.2, 0) is 25.7 Å². The molecule has 1 amide bonds. The summed E-state index contributed by atoms with van der Waals surface area (Å²) in [4.78, 5) is 39.4. The van der Waals surface area contributed by atoms with Gasteiger partial charge >= 0.3 is 11.9 Å². The topological polar surface area (TPSA) is 81.7 Å². The Morgan fingerprint density at radius 2 is 1.61 bits per heavy atom. The molecule has 0 bridgehead atoms. The van der Waals surface area contributed by atoms with Crippen molar-refractivity contribution in [3.8, 4) is 0 Å². The van der Waals surface area contributed by atoms with E-state index < -0.39 is 12.0 Å². The summed E-state index contributed by atoms with van der Waals surface area (Å²) in [5, 5.41) is 3.04. The van der Waals surface area contributed by atoms with E-state index in [2.05, 4.69) is 5.32 Å². The maximum Gasteiger partial charge on any atom is 0.362 e. The van der Waals surface area contributed by atoms with E-state index in [4.69, 9.17) is 9.47 Å². The zero-order chi connectivity index (χ0) is 26.0. The number of hydrogen-bond acceptors (Lipinski definition) is 5. The van der Waals surface area contributed by atoms with E-state index in [1.807, 2.05) is 50.2 Å². The number of quaternary nitrogens is 1. The Bertz CT molecular complexity index is 1030. The third-order valence-corrected chi connectivity index (χ3v) is 7.01. The van der Waals surface area contributed by atoms with E-state index in [9.17, 15) is 14.4 Å². The number of nitrogens with zero attached hydrogens (tertiary/aromatic N) is 1. The van der Waals surface area contributed by atoms with Gasteiger partial charge in [0.15, 0.2) is 12.6 Å². The Kier molecular flexibility index (Phi) is 10.1. The highest BCUT2D eigenvalue weighted by Crippen LogP contribution is 2.28. The molecule has 36 heavy (non-hydrogen) atoms. The second kappa shape index (κ2) is 13.2. The first-order valence-electron chi connectivity index (χ1n) is 13.0. The molecule has 3 rings (SSSR count). The van der Waals surface area contributed by atoms with Crippen LogP contribution in [0.2, 0.25) is 0 Å². The number of carbonyl (C=O) groups is 3. The molecule has 194 valence electrons. The first-order chi connectivity index (χ1) is 17.4. The van der Waals surface area contributed by atoms with Gasteiger partial charge in [-0.25, -0.2) is 9.59 Å². The summed E-state index contributed by atoms with van der Waals surface area (Å²) in [5.41, 5.74) is 2.53. The maximum absolute atomic E-state index is 13.8. The standard InChI is InChI=1S/C29H38N2O5/c1-4-25(28(33)30-27-22(3)14-13-17-24(27)29(34)35-5-2)31(18-11-6-7-12-19-31)20-26(32)36-21-23-15-9-8-10-16-23/h8-10,13-17,25H,4-7,11-12,18-21H2,1-3H3/p+1. The SMILES string of the molecule is CCOC(=O)c1cccc(C)c1NC(=O)C(CC)[N+]1(CC(=O)OCc2ccccc2)CCCCCC1. The van der Waals surface area contributed by atoms with Gasteiger partial charge in [-0.05, 0) is 56.7 Å². The molecule has 0 radical (unpaired) electrons. The number of nitrogens with one attached hydrogen (secondary N) is 1. The van der Waals surface area contributed by atoms with Crippen molar-refractivity contribution in [2.24, 2.45) is 0 Å². The quantitative estimate of drug-likeness (QED) is 0.370. The third kappa shape index (κ3) is 6.94. The lowest BCUT2D eigenvalue weighted by Gasteiger charge is -2.42. The van der Waals surface area contributed by atoms with Crippen molar-refractivity contribution < 1.29 is 28.3 Å². The summed E-state index contributed by atoms with van der Waals surface area (Å²) < 4.78 is 11.2. The number of likely N-dealkylation sites (tertiary alicyclic amines) is 1. The van der Waals surface area contributed by atoms with Crippen LogP contribution in [0.25, 0.3) is 0 Å².